The maximum atomic E-state index is 11.1. The minimum absolute atomic E-state index is 0.253. The summed E-state index contributed by atoms with van der Waals surface area (Å²) in [5.41, 5.74) is 1.78. The molecule has 0 radical (unpaired) electrons. The first-order valence-corrected chi connectivity index (χ1v) is 5.38. The molecule has 0 aliphatic carbocycles. The number of aromatic amines is 1. The highest BCUT2D eigenvalue weighted by Gasteiger charge is 2.14. The van der Waals surface area contributed by atoms with Crippen LogP contribution in [0.25, 0.3) is 22.3 Å². The van der Waals surface area contributed by atoms with E-state index >= 15 is 0 Å². The van der Waals surface area contributed by atoms with Crippen LogP contribution < -0.4 is 0 Å². The Morgan fingerprint density at radius 1 is 1.17 bits per heavy atom. The lowest BCUT2D eigenvalue weighted by Crippen LogP contribution is -1.93. The molecule has 3 rings (SSSR count). The number of aromatic carboxylic acids is 1. The van der Waals surface area contributed by atoms with Gasteiger partial charge in [-0.2, -0.15) is 0 Å². The van der Waals surface area contributed by atoms with E-state index < -0.39 is 5.97 Å². The van der Waals surface area contributed by atoms with E-state index in [4.69, 9.17) is 5.11 Å². The summed E-state index contributed by atoms with van der Waals surface area (Å²) in [5.74, 6) is -0.380. The van der Waals surface area contributed by atoms with Crippen LogP contribution >= 0.6 is 0 Å². The molecule has 3 aromatic rings. The lowest BCUT2D eigenvalue weighted by Gasteiger charge is -2.01. The molecule has 0 unspecified atom stereocenters. The quantitative estimate of drug-likeness (QED) is 0.719. The van der Waals surface area contributed by atoms with Crippen LogP contribution in [0.3, 0.4) is 0 Å². The van der Waals surface area contributed by atoms with Crippen molar-refractivity contribution in [3.8, 4) is 11.4 Å². The van der Waals surface area contributed by atoms with Gasteiger partial charge in [0, 0.05) is 29.5 Å². The molecule has 18 heavy (non-hydrogen) atoms. The molecule has 2 N–H and O–H groups in total. The molecule has 2 aromatic heterocycles. The summed E-state index contributed by atoms with van der Waals surface area (Å²) in [6.07, 6.45) is 4.80. The Hall–Kier alpha value is -2.69. The molecule has 88 valence electrons. The first kappa shape index (κ1) is 10.5. The summed E-state index contributed by atoms with van der Waals surface area (Å²) >= 11 is 0. The molecule has 0 spiro atoms. The van der Waals surface area contributed by atoms with Gasteiger partial charge in [0.05, 0.1) is 11.1 Å². The van der Waals surface area contributed by atoms with Gasteiger partial charge in [-0.1, -0.05) is 12.1 Å². The lowest BCUT2D eigenvalue weighted by molar-refractivity contribution is 0.0699. The van der Waals surface area contributed by atoms with E-state index in [2.05, 4.69) is 15.0 Å². The third-order valence-corrected chi connectivity index (χ3v) is 2.75. The van der Waals surface area contributed by atoms with Crippen molar-refractivity contribution in [2.45, 2.75) is 0 Å². The Balaban J connectivity index is 2.29. The van der Waals surface area contributed by atoms with E-state index in [0.717, 1.165) is 11.1 Å². The van der Waals surface area contributed by atoms with Gasteiger partial charge < -0.3 is 10.1 Å². The predicted octanol–water partition coefficient (Wildman–Crippen LogP) is 2.32. The smallest absolute Gasteiger partial charge is 0.337 e. The fraction of sp³-hybridized carbons (Fsp3) is 0. The van der Waals surface area contributed by atoms with Crippen molar-refractivity contribution in [2.24, 2.45) is 0 Å². The van der Waals surface area contributed by atoms with Gasteiger partial charge in [-0.25, -0.2) is 14.8 Å². The van der Waals surface area contributed by atoms with Crippen molar-refractivity contribution in [2.75, 3.05) is 0 Å². The number of rotatable bonds is 2. The van der Waals surface area contributed by atoms with Gasteiger partial charge in [0.2, 0.25) is 0 Å². The van der Waals surface area contributed by atoms with E-state index in [-0.39, 0.29) is 5.56 Å². The average molecular weight is 239 g/mol. The monoisotopic (exact) mass is 239 g/mol. The summed E-state index contributed by atoms with van der Waals surface area (Å²) in [5, 5.41) is 9.74. The second kappa shape index (κ2) is 3.96. The number of nitrogens with one attached hydrogen (secondary N) is 1. The molecule has 0 aliphatic rings. The Labute approximate surface area is 102 Å². The highest BCUT2D eigenvalue weighted by molar-refractivity contribution is 6.06. The number of aromatic nitrogens is 3. The molecule has 0 bridgehead atoms. The molecule has 0 saturated carbocycles. The van der Waals surface area contributed by atoms with E-state index in [1.54, 1.807) is 30.6 Å². The molecule has 1 aromatic carbocycles. The van der Waals surface area contributed by atoms with Crippen LogP contribution in [0.1, 0.15) is 10.4 Å². The Morgan fingerprint density at radius 3 is 2.67 bits per heavy atom. The molecule has 5 nitrogen and oxygen atoms in total. The lowest BCUT2D eigenvalue weighted by atomic mass is 10.1. The van der Waals surface area contributed by atoms with Crippen molar-refractivity contribution in [1.29, 1.82) is 0 Å². The molecular formula is C13H9N3O2. The van der Waals surface area contributed by atoms with Crippen molar-refractivity contribution in [3.63, 3.8) is 0 Å². The number of hydrogen-bond acceptors (Lipinski definition) is 3. The maximum absolute atomic E-state index is 11.1. The van der Waals surface area contributed by atoms with Crippen LogP contribution in [-0.4, -0.2) is 26.0 Å². The Morgan fingerprint density at radius 2 is 1.94 bits per heavy atom. The van der Waals surface area contributed by atoms with Crippen molar-refractivity contribution < 1.29 is 9.90 Å². The number of nitrogens with zero attached hydrogens (tertiary/aromatic N) is 2. The molecule has 0 aliphatic heterocycles. The highest BCUT2D eigenvalue weighted by Crippen LogP contribution is 2.27. The number of hydrogen-bond donors (Lipinski definition) is 2. The van der Waals surface area contributed by atoms with Crippen LogP contribution in [0.5, 0.6) is 0 Å². The normalized spacial score (nSPS) is 10.7. The second-order valence-electron chi connectivity index (χ2n) is 3.81. The fourth-order valence-corrected chi connectivity index (χ4v) is 1.96. The Kier molecular flexibility index (Phi) is 2.30. The zero-order valence-corrected chi connectivity index (χ0v) is 9.29. The number of carbonyl (C=O) groups is 1. The van der Waals surface area contributed by atoms with Crippen LogP contribution in [0, 0.1) is 0 Å². The van der Waals surface area contributed by atoms with Crippen LogP contribution in [0.4, 0.5) is 0 Å². The number of fused-ring (bicyclic) bond motifs is 1. The first-order chi connectivity index (χ1) is 8.77. The zero-order valence-electron chi connectivity index (χ0n) is 9.29. The van der Waals surface area contributed by atoms with Crippen LogP contribution in [-0.2, 0) is 0 Å². The summed E-state index contributed by atoms with van der Waals surface area (Å²) in [4.78, 5) is 22.4. The van der Waals surface area contributed by atoms with Crippen LogP contribution in [0.2, 0.25) is 0 Å². The molecule has 0 saturated heterocycles. The molecule has 0 atom stereocenters. The highest BCUT2D eigenvalue weighted by atomic mass is 16.4. The standard InChI is InChI=1S/C13H9N3O2/c17-13(18)10-7-16-11-8(10)3-1-4-9(11)12-14-5-2-6-15-12/h1-7,16H,(H,17,18). The summed E-state index contributed by atoms with van der Waals surface area (Å²) in [6.45, 7) is 0. The Bertz CT molecular complexity index is 719. The maximum Gasteiger partial charge on any atom is 0.337 e. The third-order valence-electron chi connectivity index (χ3n) is 2.75. The van der Waals surface area contributed by atoms with Crippen LogP contribution in [0.15, 0.2) is 42.9 Å². The van der Waals surface area contributed by atoms with Gasteiger partial charge in [-0.15, -0.1) is 0 Å². The SMILES string of the molecule is O=C(O)c1c[nH]c2c(-c3ncccn3)cccc12. The van der Waals surface area contributed by atoms with E-state index in [1.807, 2.05) is 6.07 Å². The van der Waals surface area contributed by atoms with Gasteiger partial charge >= 0.3 is 5.97 Å². The summed E-state index contributed by atoms with van der Waals surface area (Å²) in [6, 6.07) is 7.16. The molecule has 2 heterocycles. The predicted molar refractivity (Wildman–Crippen MR) is 66.3 cm³/mol. The van der Waals surface area contributed by atoms with E-state index in [1.165, 1.54) is 6.20 Å². The van der Waals surface area contributed by atoms with Crippen molar-refractivity contribution in [1.82, 2.24) is 15.0 Å². The van der Waals surface area contributed by atoms with E-state index in [9.17, 15) is 4.79 Å². The number of carboxylic acid groups (broad SMARTS) is 1. The average Bonchev–Trinajstić information content (AvgIpc) is 2.83. The topological polar surface area (TPSA) is 78.9 Å². The number of benzene rings is 1. The second-order valence-corrected chi connectivity index (χ2v) is 3.81. The summed E-state index contributed by atoms with van der Waals surface area (Å²) < 4.78 is 0. The molecule has 0 fully saturated rings. The van der Waals surface area contributed by atoms with E-state index in [0.29, 0.717) is 11.2 Å². The van der Waals surface area contributed by atoms with Gasteiger partial charge in [-0.3, -0.25) is 0 Å². The minimum atomic E-state index is -0.951. The minimum Gasteiger partial charge on any atom is -0.478 e. The van der Waals surface area contributed by atoms with Gasteiger partial charge in [0.25, 0.3) is 0 Å². The van der Waals surface area contributed by atoms with Gasteiger partial charge in [0.15, 0.2) is 5.82 Å². The molecular weight excluding hydrogens is 230 g/mol. The fourth-order valence-electron chi connectivity index (χ4n) is 1.96. The van der Waals surface area contributed by atoms with Crippen molar-refractivity contribution >= 4 is 16.9 Å². The van der Waals surface area contributed by atoms with Gasteiger partial charge in [-0.05, 0) is 12.1 Å². The third kappa shape index (κ3) is 1.53. The largest absolute Gasteiger partial charge is 0.478 e. The number of para-hydroxylation sites is 1. The summed E-state index contributed by atoms with van der Waals surface area (Å²) in [7, 11) is 0. The van der Waals surface area contributed by atoms with Crippen molar-refractivity contribution in [3.05, 3.63) is 48.4 Å². The first-order valence-electron chi connectivity index (χ1n) is 5.38. The molecule has 0 amide bonds. The number of carboxylic acids is 1. The van der Waals surface area contributed by atoms with Gasteiger partial charge in [0.1, 0.15) is 0 Å². The zero-order chi connectivity index (χ0) is 12.5. The molecule has 5 heteroatoms. The number of H-pyrrole nitrogens is 1.